The third-order valence-corrected chi connectivity index (χ3v) is 10.3. The first-order chi connectivity index (χ1) is 23.4. The van der Waals surface area contributed by atoms with E-state index in [1.807, 2.05) is 4.90 Å². The Labute approximate surface area is 298 Å². The van der Waals surface area contributed by atoms with Crippen molar-refractivity contribution in [1.82, 2.24) is 30.2 Å². The number of thioether (sulfide) groups is 2. The van der Waals surface area contributed by atoms with Crippen LogP contribution < -0.4 is 10.6 Å². The van der Waals surface area contributed by atoms with E-state index < -0.39 is 17.9 Å². The number of carbonyl (C=O) groups is 5. The molecule has 276 valence electrons. The fourth-order valence-corrected chi connectivity index (χ4v) is 7.36. The molecule has 1 amide bonds. The Morgan fingerprint density at radius 3 is 1.49 bits per heavy atom. The van der Waals surface area contributed by atoms with Gasteiger partial charge in [0, 0.05) is 81.9 Å². The molecule has 0 unspecified atom stereocenters. The Morgan fingerprint density at radius 1 is 0.694 bits per heavy atom. The minimum Gasteiger partial charge on any atom is -0.480 e. The predicted molar refractivity (Wildman–Crippen MR) is 193 cm³/mol. The van der Waals surface area contributed by atoms with E-state index in [9.17, 15) is 39.3 Å². The first-order valence-corrected chi connectivity index (χ1v) is 19.0. The summed E-state index contributed by atoms with van der Waals surface area (Å²) in [7, 11) is 1.80. The van der Waals surface area contributed by atoms with Gasteiger partial charge in [-0.15, -0.1) is 0 Å². The number of benzene rings is 1. The molecular formula is C33H54N6O8S2. The zero-order valence-corrected chi connectivity index (χ0v) is 30.7. The van der Waals surface area contributed by atoms with Crippen molar-refractivity contribution in [3.63, 3.8) is 0 Å². The number of aliphatic carboxylic acids is 3. The highest BCUT2D eigenvalue weighted by atomic mass is 32.2. The molecule has 16 heteroatoms. The summed E-state index contributed by atoms with van der Waals surface area (Å²) in [6.45, 7) is 6.49. The van der Waals surface area contributed by atoms with Gasteiger partial charge in [0.25, 0.3) is 0 Å². The van der Waals surface area contributed by atoms with Crippen LogP contribution in [0.25, 0.3) is 0 Å². The fraction of sp³-hybridized carbons (Fsp3) is 0.667. The average Bonchev–Trinajstić information content (AvgIpc) is 3.03. The molecule has 0 spiro atoms. The molecule has 1 aromatic rings. The monoisotopic (exact) mass is 726 g/mol. The van der Waals surface area contributed by atoms with E-state index in [4.69, 9.17) is 0 Å². The standard InChI is InChI=1S/C33H54N6O8S2/c1-4-26-15-27(17-28(16-26)23-49-24-29(34-3)25(2)40)22-48-14-5-35-30(41)18-36-6-8-37(19-31(42)43)10-12-39(21-33(46)47)13-11-38(9-7-36)20-32(44)45/h15-17,29,34H,4-14,18-24H2,1-3H3,(H,35,41)(H,42,43)(H,44,45)(H,46,47)/t29-/m0/s1. The molecular weight excluding hydrogens is 673 g/mol. The zero-order valence-electron chi connectivity index (χ0n) is 29.0. The molecule has 1 aliphatic heterocycles. The van der Waals surface area contributed by atoms with Crippen molar-refractivity contribution in [2.45, 2.75) is 37.8 Å². The van der Waals surface area contributed by atoms with Crippen LogP contribution in [-0.2, 0) is 41.9 Å². The number of nitrogens with one attached hydrogen (secondary N) is 2. The number of likely N-dealkylation sites (N-methyl/N-ethyl adjacent to an activating group) is 1. The van der Waals surface area contributed by atoms with E-state index in [1.165, 1.54) is 16.7 Å². The normalized spacial score (nSPS) is 16.7. The molecule has 1 atom stereocenters. The highest BCUT2D eigenvalue weighted by Gasteiger charge is 2.21. The van der Waals surface area contributed by atoms with Gasteiger partial charge in [-0.3, -0.25) is 43.6 Å². The van der Waals surface area contributed by atoms with Crippen molar-refractivity contribution in [2.75, 3.05) is 104 Å². The summed E-state index contributed by atoms with van der Waals surface area (Å²) in [6, 6.07) is 6.50. The summed E-state index contributed by atoms with van der Waals surface area (Å²) in [6.07, 6.45) is 0.931. The Kier molecular flexibility index (Phi) is 20.5. The van der Waals surface area contributed by atoms with Crippen LogP contribution >= 0.6 is 23.5 Å². The topological polar surface area (TPSA) is 183 Å². The lowest BCUT2D eigenvalue weighted by atomic mass is 10.1. The van der Waals surface area contributed by atoms with Crippen LogP contribution in [0, 0.1) is 0 Å². The van der Waals surface area contributed by atoms with Crippen molar-refractivity contribution >= 4 is 53.1 Å². The van der Waals surface area contributed by atoms with Crippen LogP contribution in [0.5, 0.6) is 0 Å². The first kappa shape index (κ1) is 42.4. The Hall–Kier alpha value is -2.73. The Bertz CT molecular complexity index is 1190. The number of rotatable bonds is 20. The second-order valence-corrected chi connectivity index (χ2v) is 14.3. The lowest BCUT2D eigenvalue weighted by Gasteiger charge is -2.32. The van der Waals surface area contributed by atoms with Gasteiger partial charge in [0.1, 0.15) is 5.78 Å². The zero-order chi connectivity index (χ0) is 36.2. The van der Waals surface area contributed by atoms with E-state index in [0.29, 0.717) is 58.9 Å². The quantitative estimate of drug-likeness (QED) is 0.117. The van der Waals surface area contributed by atoms with Crippen molar-refractivity contribution < 1.29 is 39.3 Å². The van der Waals surface area contributed by atoms with E-state index in [-0.39, 0.29) is 43.9 Å². The number of aryl methyl sites for hydroxylation is 1. The van der Waals surface area contributed by atoms with Gasteiger partial charge in [0.15, 0.2) is 0 Å². The lowest BCUT2D eigenvalue weighted by molar-refractivity contribution is -0.140. The third kappa shape index (κ3) is 18.7. The van der Waals surface area contributed by atoms with Gasteiger partial charge in [-0.25, -0.2) is 0 Å². The summed E-state index contributed by atoms with van der Waals surface area (Å²) in [5.41, 5.74) is 3.73. The first-order valence-electron chi connectivity index (χ1n) is 16.6. The maximum Gasteiger partial charge on any atom is 0.317 e. The van der Waals surface area contributed by atoms with Crippen LogP contribution in [0.3, 0.4) is 0 Å². The molecule has 1 saturated heterocycles. The van der Waals surface area contributed by atoms with Gasteiger partial charge in [-0.2, -0.15) is 23.5 Å². The van der Waals surface area contributed by atoms with E-state index in [2.05, 4.69) is 35.8 Å². The molecule has 5 N–H and O–H groups in total. The molecule has 0 radical (unpaired) electrons. The molecule has 1 fully saturated rings. The summed E-state index contributed by atoms with van der Waals surface area (Å²) >= 11 is 3.47. The van der Waals surface area contributed by atoms with E-state index >= 15 is 0 Å². The number of nitrogens with zero attached hydrogens (tertiary/aromatic N) is 4. The van der Waals surface area contributed by atoms with Crippen LogP contribution in [0.1, 0.15) is 30.5 Å². The summed E-state index contributed by atoms with van der Waals surface area (Å²) in [5.74, 6) is 0.0684. The highest BCUT2D eigenvalue weighted by Crippen LogP contribution is 2.21. The van der Waals surface area contributed by atoms with Gasteiger partial charge >= 0.3 is 17.9 Å². The Morgan fingerprint density at radius 2 is 1.10 bits per heavy atom. The molecule has 0 aliphatic carbocycles. The fourth-order valence-electron chi connectivity index (χ4n) is 5.41. The number of carboxylic acid groups (broad SMARTS) is 3. The molecule has 1 heterocycles. The minimum atomic E-state index is -1.01. The highest BCUT2D eigenvalue weighted by molar-refractivity contribution is 7.98. The van der Waals surface area contributed by atoms with Crippen LogP contribution in [0.4, 0.5) is 0 Å². The smallest absolute Gasteiger partial charge is 0.317 e. The van der Waals surface area contributed by atoms with Gasteiger partial charge in [0.2, 0.25) is 5.91 Å². The van der Waals surface area contributed by atoms with Crippen molar-refractivity contribution in [3.8, 4) is 0 Å². The summed E-state index contributed by atoms with van der Waals surface area (Å²) in [5, 5.41) is 34.2. The number of hydrogen-bond acceptors (Lipinski definition) is 12. The van der Waals surface area contributed by atoms with Crippen molar-refractivity contribution in [3.05, 3.63) is 34.9 Å². The number of Topliss-reactive ketones (excluding diaryl/α,β-unsaturated/α-hetero) is 1. The molecule has 49 heavy (non-hydrogen) atoms. The number of carboxylic acids is 3. The average molecular weight is 727 g/mol. The summed E-state index contributed by atoms with van der Waals surface area (Å²) in [4.78, 5) is 66.1. The number of amides is 1. The van der Waals surface area contributed by atoms with Gasteiger partial charge in [-0.1, -0.05) is 25.1 Å². The van der Waals surface area contributed by atoms with Gasteiger partial charge < -0.3 is 26.0 Å². The number of hydrogen-bond donors (Lipinski definition) is 5. The van der Waals surface area contributed by atoms with Crippen molar-refractivity contribution in [2.24, 2.45) is 0 Å². The van der Waals surface area contributed by atoms with E-state index in [0.717, 1.165) is 29.4 Å². The Balaban J connectivity index is 1.92. The third-order valence-electron chi connectivity index (χ3n) is 8.12. The molecule has 1 aromatic carbocycles. The molecule has 0 bridgehead atoms. The lowest BCUT2D eigenvalue weighted by Crippen LogP contribution is -2.49. The van der Waals surface area contributed by atoms with Crippen LogP contribution in [0.15, 0.2) is 18.2 Å². The molecule has 2 rings (SSSR count). The number of carbonyl (C=O) groups excluding carboxylic acids is 2. The predicted octanol–water partition coefficient (Wildman–Crippen LogP) is 0.484. The summed E-state index contributed by atoms with van der Waals surface area (Å²) < 4.78 is 0. The maximum atomic E-state index is 13.0. The molecule has 14 nitrogen and oxygen atoms in total. The van der Waals surface area contributed by atoms with Crippen molar-refractivity contribution in [1.29, 1.82) is 0 Å². The van der Waals surface area contributed by atoms with E-state index in [1.54, 1.807) is 52.2 Å². The maximum absolute atomic E-state index is 13.0. The second-order valence-electron chi connectivity index (χ2n) is 12.2. The minimum absolute atomic E-state index is 0.0925. The SMILES string of the molecule is CCc1cc(CSCCNC(=O)CN2CCN(CC(=O)O)CCN(CC(=O)O)CCN(CC(=O)O)CC2)cc(CSC[C@H](NC)C(C)=O)c1. The van der Waals surface area contributed by atoms with Gasteiger partial charge in [0.05, 0.1) is 32.2 Å². The van der Waals surface area contributed by atoms with Gasteiger partial charge in [-0.05, 0) is 37.1 Å². The number of ketones is 1. The van der Waals surface area contributed by atoms with Crippen LogP contribution in [-0.4, -0.2) is 174 Å². The molecule has 0 aromatic heterocycles. The van der Waals surface area contributed by atoms with Crippen LogP contribution in [0.2, 0.25) is 0 Å². The molecule has 1 aliphatic rings. The second kappa shape index (κ2) is 23.6. The molecule has 0 saturated carbocycles. The largest absolute Gasteiger partial charge is 0.480 e.